The maximum atomic E-state index is 13.4. The first-order valence-electron chi connectivity index (χ1n) is 11.9. The zero-order valence-corrected chi connectivity index (χ0v) is 20.9. The van der Waals surface area contributed by atoms with Gasteiger partial charge < -0.3 is 21.7 Å². The lowest BCUT2D eigenvalue weighted by molar-refractivity contribution is -0.119. The number of para-hydroxylation sites is 1. The Labute approximate surface area is 223 Å². The summed E-state index contributed by atoms with van der Waals surface area (Å²) in [6.45, 7) is 0.283. The molecule has 0 radical (unpaired) electrons. The van der Waals surface area contributed by atoms with Gasteiger partial charge in [0.1, 0.15) is 11.6 Å². The van der Waals surface area contributed by atoms with Crippen LogP contribution in [-0.4, -0.2) is 45.1 Å². The van der Waals surface area contributed by atoms with E-state index in [1.807, 2.05) is 18.2 Å². The summed E-state index contributed by atoms with van der Waals surface area (Å²) in [5, 5.41) is 13.1. The van der Waals surface area contributed by atoms with Gasteiger partial charge in [0.15, 0.2) is 5.69 Å². The van der Waals surface area contributed by atoms with E-state index in [1.165, 1.54) is 10.7 Å². The quantitative estimate of drug-likeness (QED) is 0.289. The average Bonchev–Trinajstić information content (AvgIpc) is 3.54. The topological polar surface area (TPSA) is 144 Å². The minimum Gasteiger partial charge on any atom is -0.384 e. The number of halogens is 1. The van der Waals surface area contributed by atoms with E-state index in [0.29, 0.717) is 35.6 Å². The Morgan fingerprint density at radius 2 is 1.87 bits per heavy atom. The van der Waals surface area contributed by atoms with Gasteiger partial charge in [-0.05, 0) is 42.8 Å². The van der Waals surface area contributed by atoms with Crippen LogP contribution in [0.3, 0.4) is 0 Å². The van der Waals surface area contributed by atoms with Crippen molar-refractivity contribution in [2.75, 3.05) is 17.6 Å². The number of hydrogen-bond donors (Lipinski definition) is 4. The molecular formula is C27H24ClN7O3. The van der Waals surface area contributed by atoms with E-state index in [9.17, 15) is 14.4 Å². The summed E-state index contributed by atoms with van der Waals surface area (Å²) in [6, 6.07) is 20.7. The van der Waals surface area contributed by atoms with E-state index in [-0.39, 0.29) is 40.6 Å². The lowest BCUT2D eigenvalue weighted by atomic mass is 10.1. The highest BCUT2D eigenvalue weighted by atomic mass is 35.5. The Bertz CT molecular complexity index is 1520. The Morgan fingerprint density at radius 3 is 2.61 bits per heavy atom. The van der Waals surface area contributed by atoms with Crippen molar-refractivity contribution in [1.29, 1.82) is 0 Å². The third-order valence-electron chi connectivity index (χ3n) is 6.06. The lowest BCUT2D eigenvalue weighted by Crippen LogP contribution is -2.38. The number of amides is 3. The van der Waals surface area contributed by atoms with Gasteiger partial charge in [0, 0.05) is 30.6 Å². The summed E-state index contributed by atoms with van der Waals surface area (Å²) in [7, 11) is 0. The normalized spacial score (nSPS) is 14.7. The fourth-order valence-electron chi connectivity index (χ4n) is 4.14. The fraction of sp³-hybridized carbons (Fsp3) is 0.148. The Hall–Kier alpha value is -4.70. The van der Waals surface area contributed by atoms with Crippen molar-refractivity contribution in [1.82, 2.24) is 25.4 Å². The summed E-state index contributed by atoms with van der Waals surface area (Å²) >= 11 is 6.38. The van der Waals surface area contributed by atoms with Crippen molar-refractivity contribution in [3.8, 4) is 16.9 Å². The molecule has 0 bridgehead atoms. The van der Waals surface area contributed by atoms with Crippen LogP contribution < -0.4 is 21.7 Å². The highest BCUT2D eigenvalue weighted by molar-refractivity contribution is 6.34. The first kappa shape index (κ1) is 25.0. The van der Waals surface area contributed by atoms with Gasteiger partial charge >= 0.3 is 0 Å². The van der Waals surface area contributed by atoms with Crippen molar-refractivity contribution in [3.05, 3.63) is 89.1 Å². The van der Waals surface area contributed by atoms with Crippen molar-refractivity contribution in [3.63, 3.8) is 0 Å². The van der Waals surface area contributed by atoms with Crippen LogP contribution in [0.5, 0.6) is 0 Å². The molecule has 1 aliphatic rings. The number of benzene rings is 2. The molecule has 4 aromatic rings. The molecule has 3 amide bonds. The number of anilines is 2. The van der Waals surface area contributed by atoms with E-state index < -0.39 is 11.8 Å². The van der Waals surface area contributed by atoms with E-state index in [4.69, 9.17) is 17.3 Å². The highest BCUT2D eigenvalue weighted by Gasteiger charge is 2.23. The molecule has 0 aliphatic carbocycles. The second-order valence-electron chi connectivity index (χ2n) is 8.77. The molecule has 2 aromatic heterocycles. The summed E-state index contributed by atoms with van der Waals surface area (Å²) in [6.07, 6.45) is 1.10. The van der Waals surface area contributed by atoms with Crippen LogP contribution in [-0.2, 0) is 4.79 Å². The smallest absolute Gasteiger partial charge is 0.271 e. The molecule has 1 unspecified atom stereocenters. The molecule has 5 rings (SSSR count). The first-order chi connectivity index (χ1) is 18.4. The fourth-order valence-corrected chi connectivity index (χ4v) is 4.34. The molecule has 1 aliphatic heterocycles. The van der Waals surface area contributed by atoms with Gasteiger partial charge in [0.25, 0.3) is 11.8 Å². The van der Waals surface area contributed by atoms with Crippen LogP contribution in [0.25, 0.3) is 16.9 Å². The van der Waals surface area contributed by atoms with Crippen LogP contribution in [0.1, 0.15) is 33.7 Å². The molecule has 2 aromatic carbocycles. The Balaban J connectivity index is 1.41. The Morgan fingerprint density at radius 1 is 1.05 bits per heavy atom. The van der Waals surface area contributed by atoms with Gasteiger partial charge in [0.2, 0.25) is 5.91 Å². The van der Waals surface area contributed by atoms with Crippen molar-refractivity contribution in [2.24, 2.45) is 0 Å². The maximum Gasteiger partial charge on any atom is 0.271 e. The highest BCUT2D eigenvalue weighted by Crippen LogP contribution is 2.26. The summed E-state index contributed by atoms with van der Waals surface area (Å²) in [5.74, 6) is -0.306. The summed E-state index contributed by atoms with van der Waals surface area (Å²) < 4.78 is 1.47. The number of rotatable bonds is 7. The predicted octanol–water partition coefficient (Wildman–Crippen LogP) is 3.43. The van der Waals surface area contributed by atoms with Gasteiger partial charge in [-0.25, -0.2) is 9.67 Å². The molecule has 1 saturated heterocycles. The minimum atomic E-state index is -0.488. The largest absolute Gasteiger partial charge is 0.384 e. The number of hydrogen-bond acceptors (Lipinski definition) is 6. The van der Waals surface area contributed by atoms with E-state index in [2.05, 4.69) is 26.0 Å². The molecule has 1 fully saturated rings. The second kappa shape index (κ2) is 10.7. The van der Waals surface area contributed by atoms with Gasteiger partial charge in [-0.15, -0.1) is 0 Å². The maximum absolute atomic E-state index is 13.4. The van der Waals surface area contributed by atoms with Crippen LogP contribution in [0.2, 0.25) is 5.02 Å². The van der Waals surface area contributed by atoms with Gasteiger partial charge in [0.05, 0.1) is 22.0 Å². The van der Waals surface area contributed by atoms with Gasteiger partial charge in [-0.2, -0.15) is 5.10 Å². The molecule has 0 spiro atoms. The molecule has 10 nitrogen and oxygen atoms in total. The van der Waals surface area contributed by atoms with Crippen molar-refractivity contribution in [2.45, 2.75) is 18.9 Å². The monoisotopic (exact) mass is 529 g/mol. The summed E-state index contributed by atoms with van der Waals surface area (Å²) in [5.41, 5.74) is 8.05. The molecule has 3 heterocycles. The lowest BCUT2D eigenvalue weighted by Gasteiger charge is -2.11. The number of nitrogens with one attached hydrogen (secondary N) is 3. The third-order valence-corrected chi connectivity index (χ3v) is 6.39. The summed E-state index contributed by atoms with van der Waals surface area (Å²) in [4.78, 5) is 42.0. The van der Waals surface area contributed by atoms with Crippen molar-refractivity contribution < 1.29 is 14.4 Å². The van der Waals surface area contributed by atoms with E-state index in [1.54, 1.807) is 48.5 Å². The molecule has 5 N–H and O–H groups in total. The molecule has 1 atom stereocenters. The zero-order valence-electron chi connectivity index (χ0n) is 20.1. The standard InChI is InChI=1S/C27H24ClN7O3/c28-20-11-9-16(21-7-4-8-23(29)32-21)13-19(20)26(37)33-24-14-22(34-35(24)18-5-2-1-3-6-18)27(38)30-15-17-10-12-25(36)31-17/h1-9,11,13-14,17H,10,12,15H2,(H2,29,32)(H,30,38)(H,31,36)(H,33,37). The zero-order chi connectivity index (χ0) is 26.6. The van der Waals surface area contributed by atoms with Crippen LogP contribution in [0, 0.1) is 0 Å². The number of nitrogens with zero attached hydrogens (tertiary/aromatic N) is 3. The number of carbonyl (C=O) groups is 3. The predicted molar refractivity (Wildman–Crippen MR) is 144 cm³/mol. The molecule has 38 heavy (non-hydrogen) atoms. The molecular weight excluding hydrogens is 506 g/mol. The number of carbonyl (C=O) groups excluding carboxylic acids is 3. The molecule has 11 heteroatoms. The average molecular weight is 530 g/mol. The van der Waals surface area contributed by atoms with Crippen LogP contribution >= 0.6 is 11.6 Å². The van der Waals surface area contributed by atoms with Crippen LogP contribution in [0.15, 0.2) is 72.8 Å². The third kappa shape index (κ3) is 5.50. The van der Waals surface area contributed by atoms with Gasteiger partial charge in [-0.3, -0.25) is 14.4 Å². The van der Waals surface area contributed by atoms with E-state index >= 15 is 0 Å². The molecule has 192 valence electrons. The number of aromatic nitrogens is 3. The minimum absolute atomic E-state index is 0.0307. The number of pyridine rings is 1. The SMILES string of the molecule is Nc1cccc(-c2ccc(Cl)c(C(=O)Nc3cc(C(=O)NCC4CCC(=O)N4)nn3-c3ccccc3)c2)n1. The number of nitrogen functional groups attached to an aromatic ring is 1. The van der Waals surface area contributed by atoms with E-state index in [0.717, 1.165) is 0 Å². The molecule has 0 saturated carbocycles. The van der Waals surface area contributed by atoms with Crippen molar-refractivity contribution >= 4 is 41.0 Å². The number of nitrogens with two attached hydrogens (primary N) is 1. The Kier molecular flexibility index (Phi) is 7.05. The second-order valence-corrected chi connectivity index (χ2v) is 9.18. The van der Waals surface area contributed by atoms with Gasteiger partial charge in [-0.1, -0.05) is 41.9 Å². The first-order valence-corrected chi connectivity index (χ1v) is 12.3. The van der Waals surface area contributed by atoms with Crippen LogP contribution in [0.4, 0.5) is 11.6 Å².